The maximum absolute atomic E-state index is 9.42. The van der Waals surface area contributed by atoms with Gasteiger partial charge in [0.15, 0.2) is 0 Å². The molecule has 0 N–H and O–H groups in total. The summed E-state index contributed by atoms with van der Waals surface area (Å²) in [6.07, 6.45) is 4.78. The summed E-state index contributed by atoms with van der Waals surface area (Å²) in [6.45, 7) is 7.96. The van der Waals surface area contributed by atoms with Gasteiger partial charge in [0.05, 0.1) is 23.9 Å². The van der Waals surface area contributed by atoms with Crippen molar-refractivity contribution in [2.24, 2.45) is 0 Å². The number of benzene rings is 2. The molecule has 1 heterocycles. The van der Waals surface area contributed by atoms with E-state index in [4.69, 9.17) is 14.5 Å². The fourth-order valence-electron chi connectivity index (χ4n) is 3.76. The average Bonchev–Trinajstić information content (AvgIpc) is 2.84. The van der Waals surface area contributed by atoms with Gasteiger partial charge in [0.1, 0.15) is 12.4 Å². The fourth-order valence-corrected chi connectivity index (χ4v) is 3.76. The zero-order valence-corrected chi connectivity index (χ0v) is 19.9. The summed E-state index contributed by atoms with van der Waals surface area (Å²) in [5.74, 6) is 1.39. The molecule has 1 aromatic heterocycles. The van der Waals surface area contributed by atoms with Crippen LogP contribution < -0.4 is 4.74 Å². The van der Waals surface area contributed by atoms with Crippen LogP contribution in [0.4, 0.5) is 0 Å². The first-order valence-electron chi connectivity index (χ1n) is 11.8. The lowest BCUT2D eigenvalue weighted by Gasteiger charge is -2.16. The van der Waals surface area contributed by atoms with E-state index in [0.717, 1.165) is 66.1 Å². The fraction of sp³-hybridized carbons (Fsp3) is 0.393. The second-order valence-electron chi connectivity index (χ2n) is 8.10. The molecule has 0 atom stereocenters. The van der Waals surface area contributed by atoms with Crippen molar-refractivity contribution in [3.63, 3.8) is 0 Å². The quantitative estimate of drug-likeness (QED) is 0.318. The number of unbranched alkanes of at least 4 members (excludes halogenated alkanes) is 1. The second kappa shape index (κ2) is 12.7. The smallest absolute Gasteiger partial charge is 0.220 e. The van der Waals surface area contributed by atoms with Crippen molar-refractivity contribution in [3.05, 3.63) is 76.7 Å². The molecule has 2 aromatic carbocycles. The first-order chi connectivity index (χ1) is 16.2. The molecule has 0 amide bonds. The Morgan fingerprint density at radius 1 is 0.909 bits per heavy atom. The molecule has 5 heteroatoms. The number of nitriles is 1. The van der Waals surface area contributed by atoms with Crippen molar-refractivity contribution < 1.29 is 9.47 Å². The van der Waals surface area contributed by atoms with E-state index in [0.29, 0.717) is 31.1 Å². The first-order valence-corrected chi connectivity index (χ1v) is 11.8. The van der Waals surface area contributed by atoms with Crippen LogP contribution >= 0.6 is 0 Å². The lowest BCUT2D eigenvalue weighted by molar-refractivity contribution is 0.0985. The Labute approximate surface area is 197 Å². The highest BCUT2D eigenvalue weighted by Crippen LogP contribution is 2.27. The third kappa shape index (κ3) is 6.87. The van der Waals surface area contributed by atoms with Crippen molar-refractivity contribution in [2.75, 3.05) is 19.8 Å². The summed E-state index contributed by atoms with van der Waals surface area (Å²) in [6, 6.07) is 18.3. The molecule has 0 saturated heterocycles. The molecular weight excluding hydrogens is 410 g/mol. The Hall–Kier alpha value is -3.23. The van der Waals surface area contributed by atoms with E-state index in [2.05, 4.69) is 49.2 Å². The maximum atomic E-state index is 9.42. The first kappa shape index (κ1) is 24.4. The molecule has 3 rings (SSSR count). The zero-order chi connectivity index (χ0) is 23.5. The minimum Gasteiger partial charge on any atom is -0.475 e. The summed E-state index contributed by atoms with van der Waals surface area (Å²) in [5, 5.41) is 9.42. The monoisotopic (exact) mass is 443 g/mol. The predicted molar refractivity (Wildman–Crippen MR) is 131 cm³/mol. The number of hydrogen-bond acceptors (Lipinski definition) is 5. The number of ether oxygens (including phenoxy) is 2. The van der Waals surface area contributed by atoms with Crippen LogP contribution in [0.2, 0.25) is 0 Å². The SMILES string of the molecule is CCCCc1nc(C)nc(OCCOCCC)c1Cc1ccc(-c2ccccc2C#N)cc1. The lowest BCUT2D eigenvalue weighted by atomic mass is 9.96. The van der Waals surface area contributed by atoms with E-state index in [-0.39, 0.29) is 0 Å². The van der Waals surface area contributed by atoms with Gasteiger partial charge in [-0.3, -0.25) is 0 Å². The second-order valence-corrected chi connectivity index (χ2v) is 8.10. The average molecular weight is 444 g/mol. The van der Waals surface area contributed by atoms with E-state index in [1.807, 2.05) is 31.2 Å². The van der Waals surface area contributed by atoms with Crippen LogP contribution in [0.3, 0.4) is 0 Å². The van der Waals surface area contributed by atoms with Gasteiger partial charge in [-0.1, -0.05) is 62.7 Å². The molecule has 0 aliphatic rings. The zero-order valence-electron chi connectivity index (χ0n) is 19.9. The number of nitrogens with zero attached hydrogens (tertiary/aromatic N) is 3. The molecule has 0 aliphatic carbocycles. The van der Waals surface area contributed by atoms with Gasteiger partial charge in [-0.15, -0.1) is 0 Å². The Bertz CT molecular complexity index is 1070. The molecule has 5 nitrogen and oxygen atoms in total. The van der Waals surface area contributed by atoms with Gasteiger partial charge < -0.3 is 9.47 Å². The molecule has 33 heavy (non-hydrogen) atoms. The number of hydrogen-bond donors (Lipinski definition) is 0. The van der Waals surface area contributed by atoms with Gasteiger partial charge in [0.2, 0.25) is 5.88 Å². The molecule has 0 spiro atoms. The van der Waals surface area contributed by atoms with Crippen LogP contribution in [0.1, 0.15) is 61.3 Å². The molecule has 0 bridgehead atoms. The highest BCUT2D eigenvalue weighted by molar-refractivity contribution is 5.70. The van der Waals surface area contributed by atoms with Gasteiger partial charge >= 0.3 is 0 Å². The van der Waals surface area contributed by atoms with Crippen molar-refractivity contribution in [3.8, 4) is 23.1 Å². The molecule has 0 radical (unpaired) electrons. The summed E-state index contributed by atoms with van der Waals surface area (Å²) in [5.41, 5.74) is 5.93. The summed E-state index contributed by atoms with van der Waals surface area (Å²) < 4.78 is 11.6. The molecule has 0 unspecified atom stereocenters. The molecule has 3 aromatic rings. The van der Waals surface area contributed by atoms with Crippen LogP contribution in [0, 0.1) is 18.3 Å². The van der Waals surface area contributed by atoms with Gasteiger partial charge in [0.25, 0.3) is 0 Å². The number of rotatable bonds is 12. The van der Waals surface area contributed by atoms with Gasteiger partial charge in [0, 0.05) is 18.6 Å². The van der Waals surface area contributed by atoms with Crippen molar-refractivity contribution in [1.29, 1.82) is 5.26 Å². The van der Waals surface area contributed by atoms with Crippen LogP contribution in [0.5, 0.6) is 5.88 Å². The molecular formula is C28H33N3O2. The van der Waals surface area contributed by atoms with Gasteiger partial charge in [-0.2, -0.15) is 10.2 Å². The minimum atomic E-state index is 0.473. The Morgan fingerprint density at radius 2 is 1.70 bits per heavy atom. The Balaban J connectivity index is 1.85. The summed E-state index contributed by atoms with van der Waals surface area (Å²) in [7, 11) is 0. The highest BCUT2D eigenvalue weighted by atomic mass is 16.5. The lowest BCUT2D eigenvalue weighted by Crippen LogP contribution is -2.13. The topological polar surface area (TPSA) is 68.0 Å². The molecule has 0 fully saturated rings. The minimum absolute atomic E-state index is 0.473. The predicted octanol–water partition coefficient (Wildman–Crippen LogP) is 6.06. The van der Waals surface area contributed by atoms with E-state index < -0.39 is 0 Å². The third-order valence-corrected chi connectivity index (χ3v) is 5.44. The van der Waals surface area contributed by atoms with E-state index in [1.165, 1.54) is 0 Å². The largest absolute Gasteiger partial charge is 0.475 e. The number of aryl methyl sites for hydroxylation is 2. The van der Waals surface area contributed by atoms with E-state index >= 15 is 0 Å². The molecule has 0 saturated carbocycles. The standard InChI is InChI=1S/C28H33N3O2/c1-4-6-11-27-26(28(31-21(3)30-27)33-18-17-32-16-5-2)19-22-12-14-23(15-13-22)25-10-8-7-9-24(25)20-29/h7-10,12-15H,4-6,11,16-19H2,1-3H3. The van der Waals surface area contributed by atoms with Crippen LogP contribution in [-0.2, 0) is 17.6 Å². The van der Waals surface area contributed by atoms with Gasteiger partial charge in [-0.05, 0) is 48.9 Å². The summed E-state index contributed by atoms with van der Waals surface area (Å²) >= 11 is 0. The summed E-state index contributed by atoms with van der Waals surface area (Å²) in [4.78, 5) is 9.37. The highest BCUT2D eigenvalue weighted by Gasteiger charge is 2.16. The van der Waals surface area contributed by atoms with E-state index in [1.54, 1.807) is 0 Å². The Morgan fingerprint density at radius 3 is 2.42 bits per heavy atom. The Kier molecular flexibility index (Phi) is 9.41. The van der Waals surface area contributed by atoms with E-state index in [9.17, 15) is 5.26 Å². The maximum Gasteiger partial charge on any atom is 0.220 e. The molecule has 172 valence electrons. The van der Waals surface area contributed by atoms with Crippen molar-refractivity contribution >= 4 is 0 Å². The van der Waals surface area contributed by atoms with Crippen molar-refractivity contribution in [2.45, 2.75) is 52.9 Å². The third-order valence-electron chi connectivity index (χ3n) is 5.44. The normalized spacial score (nSPS) is 10.7. The van der Waals surface area contributed by atoms with Crippen LogP contribution in [0.25, 0.3) is 11.1 Å². The van der Waals surface area contributed by atoms with Crippen LogP contribution in [-0.4, -0.2) is 29.8 Å². The number of aromatic nitrogens is 2. The van der Waals surface area contributed by atoms with Gasteiger partial charge in [-0.25, -0.2) is 4.98 Å². The van der Waals surface area contributed by atoms with Crippen LogP contribution in [0.15, 0.2) is 48.5 Å². The van der Waals surface area contributed by atoms with Crippen molar-refractivity contribution in [1.82, 2.24) is 9.97 Å². The molecule has 0 aliphatic heterocycles.